The van der Waals surface area contributed by atoms with Gasteiger partial charge >= 0.3 is 0 Å². The molecular formula is C14H32N2O3. The fourth-order valence-electron chi connectivity index (χ4n) is 1.13. The fraction of sp³-hybridized carbons (Fsp3) is 0.929. The molecule has 116 valence electrons. The number of hydrogen-bond acceptors (Lipinski definition) is 4. The summed E-state index contributed by atoms with van der Waals surface area (Å²) in [5, 5.41) is 6.00. The highest BCUT2D eigenvalue weighted by atomic mass is 16.5. The average Bonchev–Trinajstić information content (AvgIpc) is 2.42. The Hall–Kier alpha value is -0.650. The molecule has 0 spiro atoms. The summed E-state index contributed by atoms with van der Waals surface area (Å²) in [5.41, 5.74) is 0. The average molecular weight is 276 g/mol. The molecule has 0 bridgehead atoms. The van der Waals surface area contributed by atoms with Crippen molar-refractivity contribution in [2.24, 2.45) is 0 Å². The zero-order valence-electron chi connectivity index (χ0n) is 13.3. The van der Waals surface area contributed by atoms with Crippen LogP contribution in [0.4, 0.5) is 0 Å². The molecule has 0 heterocycles. The van der Waals surface area contributed by atoms with Gasteiger partial charge in [-0.05, 0) is 0 Å². The molecule has 19 heavy (non-hydrogen) atoms. The number of amides is 1. The third-order valence-electron chi connectivity index (χ3n) is 2.06. The lowest BCUT2D eigenvalue weighted by Crippen LogP contribution is -2.28. The van der Waals surface area contributed by atoms with Gasteiger partial charge in [-0.3, -0.25) is 4.79 Å². The second kappa shape index (κ2) is 17.4. The SMILES string of the molecule is CC.CCC(=O)NCCOCCOCCNC(C)C. The Balaban J connectivity index is 0. The van der Waals surface area contributed by atoms with Crippen molar-refractivity contribution in [3.63, 3.8) is 0 Å². The van der Waals surface area contributed by atoms with Crippen LogP contribution in [0.1, 0.15) is 41.0 Å². The van der Waals surface area contributed by atoms with E-state index in [4.69, 9.17) is 9.47 Å². The van der Waals surface area contributed by atoms with Crippen LogP contribution in [0.2, 0.25) is 0 Å². The van der Waals surface area contributed by atoms with Crippen LogP contribution in [0.3, 0.4) is 0 Å². The molecule has 5 nitrogen and oxygen atoms in total. The van der Waals surface area contributed by atoms with Crippen molar-refractivity contribution in [2.75, 3.05) is 39.5 Å². The summed E-state index contributed by atoms with van der Waals surface area (Å²) >= 11 is 0. The van der Waals surface area contributed by atoms with Gasteiger partial charge in [-0.15, -0.1) is 0 Å². The Morgan fingerprint density at radius 3 is 2.00 bits per heavy atom. The van der Waals surface area contributed by atoms with E-state index in [1.807, 2.05) is 20.8 Å². The van der Waals surface area contributed by atoms with E-state index in [-0.39, 0.29) is 5.91 Å². The summed E-state index contributed by atoms with van der Waals surface area (Å²) in [4.78, 5) is 10.9. The Morgan fingerprint density at radius 2 is 1.53 bits per heavy atom. The van der Waals surface area contributed by atoms with Gasteiger partial charge in [0.2, 0.25) is 5.91 Å². The molecule has 0 aliphatic carbocycles. The van der Waals surface area contributed by atoms with E-state index in [1.54, 1.807) is 0 Å². The lowest BCUT2D eigenvalue weighted by molar-refractivity contribution is -0.121. The quantitative estimate of drug-likeness (QED) is 0.562. The van der Waals surface area contributed by atoms with E-state index in [9.17, 15) is 4.79 Å². The molecule has 0 saturated heterocycles. The Kier molecular flexibility index (Phi) is 18.9. The van der Waals surface area contributed by atoms with Crippen molar-refractivity contribution in [3.05, 3.63) is 0 Å². The number of nitrogens with one attached hydrogen (secondary N) is 2. The van der Waals surface area contributed by atoms with Crippen LogP contribution in [0.25, 0.3) is 0 Å². The maximum absolute atomic E-state index is 10.9. The van der Waals surface area contributed by atoms with Gasteiger partial charge in [-0.2, -0.15) is 0 Å². The predicted molar refractivity (Wildman–Crippen MR) is 79.4 cm³/mol. The number of ether oxygens (including phenoxy) is 2. The lowest BCUT2D eigenvalue weighted by Gasteiger charge is -2.09. The Bertz CT molecular complexity index is 188. The molecule has 0 aromatic rings. The van der Waals surface area contributed by atoms with Crippen LogP contribution in [-0.2, 0) is 14.3 Å². The highest BCUT2D eigenvalue weighted by Gasteiger charge is 1.95. The van der Waals surface area contributed by atoms with Gasteiger partial charge in [0.1, 0.15) is 0 Å². The monoisotopic (exact) mass is 276 g/mol. The number of hydrogen-bond donors (Lipinski definition) is 2. The molecule has 0 aromatic heterocycles. The van der Waals surface area contributed by atoms with Crippen LogP contribution in [-0.4, -0.2) is 51.5 Å². The second-order valence-electron chi connectivity index (χ2n) is 4.04. The van der Waals surface area contributed by atoms with Crippen LogP contribution in [0.15, 0.2) is 0 Å². The van der Waals surface area contributed by atoms with Crippen LogP contribution < -0.4 is 10.6 Å². The summed E-state index contributed by atoms with van der Waals surface area (Å²) < 4.78 is 10.7. The summed E-state index contributed by atoms with van der Waals surface area (Å²) in [6, 6.07) is 0.497. The number of carbonyl (C=O) groups excluding carboxylic acids is 1. The molecule has 5 heteroatoms. The molecule has 0 rings (SSSR count). The molecule has 0 atom stereocenters. The molecule has 0 aliphatic rings. The van der Waals surface area contributed by atoms with Gasteiger partial charge in [0.05, 0.1) is 26.4 Å². The summed E-state index contributed by atoms with van der Waals surface area (Å²) in [7, 11) is 0. The van der Waals surface area contributed by atoms with Crippen molar-refractivity contribution in [2.45, 2.75) is 47.1 Å². The van der Waals surface area contributed by atoms with Crippen molar-refractivity contribution in [3.8, 4) is 0 Å². The maximum Gasteiger partial charge on any atom is 0.219 e. The smallest absolute Gasteiger partial charge is 0.219 e. The van der Waals surface area contributed by atoms with E-state index < -0.39 is 0 Å². The third kappa shape index (κ3) is 19.9. The first-order chi connectivity index (χ1) is 9.16. The molecule has 0 saturated carbocycles. The van der Waals surface area contributed by atoms with E-state index >= 15 is 0 Å². The minimum absolute atomic E-state index is 0.0598. The number of rotatable bonds is 11. The second-order valence-corrected chi connectivity index (χ2v) is 4.04. The minimum atomic E-state index is 0.0598. The highest BCUT2D eigenvalue weighted by molar-refractivity contribution is 5.75. The molecule has 0 aliphatic heterocycles. The largest absolute Gasteiger partial charge is 0.378 e. The molecule has 0 aromatic carbocycles. The first-order valence-electron chi connectivity index (χ1n) is 7.32. The molecule has 2 N–H and O–H groups in total. The normalized spacial score (nSPS) is 10.0. The maximum atomic E-state index is 10.9. The van der Waals surface area contributed by atoms with Gasteiger partial charge < -0.3 is 20.1 Å². The van der Waals surface area contributed by atoms with Crippen LogP contribution >= 0.6 is 0 Å². The van der Waals surface area contributed by atoms with E-state index in [0.717, 1.165) is 6.54 Å². The topological polar surface area (TPSA) is 59.6 Å². The summed E-state index contributed by atoms with van der Waals surface area (Å²) in [6.07, 6.45) is 0.520. The highest BCUT2D eigenvalue weighted by Crippen LogP contribution is 1.80. The molecule has 0 fully saturated rings. The van der Waals surface area contributed by atoms with Gasteiger partial charge in [-0.1, -0.05) is 34.6 Å². The van der Waals surface area contributed by atoms with E-state index in [0.29, 0.717) is 45.4 Å². The van der Waals surface area contributed by atoms with Gasteiger partial charge in [0.25, 0.3) is 0 Å². The van der Waals surface area contributed by atoms with Gasteiger partial charge in [0, 0.05) is 25.6 Å². The minimum Gasteiger partial charge on any atom is -0.378 e. The van der Waals surface area contributed by atoms with Gasteiger partial charge in [-0.25, -0.2) is 0 Å². The molecule has 1 amide bonds. The van der Waals surface area contributed by atoms with Crippen molar-refractivity contribution < 1.29 is 14.3 Å². The zero-order chi connectivity index (χ0) is 14.9. The molecule has 0 unspecified atom stereocenters. The molecular weight excluding hydrogens is 244 g/mol. The van der Waals surface area contributed by atoms with Crippen LogP contribution in [0.5, 0.6) is 0 Å². The lowest BCUT2D eigenvalue weighted by atomic mass is 10.4. The van der Waals surface area contributed by atoms with Gasteiger partial charge in [0.15, 0.2) is 0 Å². The summed E-state index contributed by atoms with van der Waals surface area (Å²) in [6.45, 7) is 13.9. The standard InChI is InChI=1S/C12H26N2O3.C2H6/c1-4-12(15)14-6-8-17-10-9-16-7-5-13-11(2)3;1-2/h11,13H,4-10H2,1-3H3,(H,14,15);1-2H3. The third-order valence-corrected chi connectivity index (χ3v) is 2.06. The first kappa shape index (κ1) is 20.7. The Labute approximate surface area is 118 Å². The summed E-state index contributed by atoms with van der Waals surface area (Å²) in [5.74, 6) is 0.0598. The fourth-order valence-corrected chi connectivity index (χ4v) is 1.13. The van der Waals surface area contributed by atoms with Crippen molar-refractivity contribution >= 4 is 5.91 Å². The number of carbonyl (C=O) groups is 1. The zero-order valence-corrected chi connectivity index (χ0v) is 13.3. The molecule has 0 radical (unpaired) electrons. The van der Waals surface area contributed by atoms with Crippen LogP contribution in [0, 0.1) is 0 Å². The Morgan fingerprint density at radius 1 is 1.00 bits per heavy atom. The van der Waals surface area contributed by atoms with Crippen molar-refractivity contribution in [1.29, 1.82) is 0 Å². The first-order valence-corrected chi connectivity index (χ1v) is 7.32. The predicted octanol–water partition coefficient (Wildman–Crippen LogP) is 1.57. The van der Waals surface area contributed by atoms with E-state index in [2.05, 4.69) is 24.5 Å². The van der Waals surface area contributed by atoms with Crippen molar-refractivity contribution in [1.82, 2.24) is 10.6 Å². The van der Waals surface area contributed by atoms with E-state index in [1.165, 1.54) is 0 Å².